The summed E-state index contributed by atoms with van der Waals surface area (Å²) in [7, 11) is 0. The Bertz CT molecular complexity index is 669. The van der Waals surface area contributed by atoms with Crippen LogP contribution in [0.4, 0.5) is 0 Å². The Morgan fingerprint density at radius 3 is 2.31 bits per heavy atom. The number of Topliss-reactive ketones (excluding diaryl/α,β-unsaturated/α-hetero) is 1. The summed E-state index contributed by atoms with van der Waals surface area (Å²) in [6.45, 7) is -0.152. The van der Waals surface area contributed by atoms with Crippen molar-refractivity contribution in [2.45, 2.75) is 36.2 Å². The van der Waals surface area contributed by atoms with Crippen LogP contribution in [0.3, 0.4) is 0 Å². The molecular weight excluding hydrogens is 432 g/mol. The lowest BCUT2D eigenvalue weighted by Gasteiger charge is -2.51. The second kappa shape index (κ2) is 7.88. The zero-order valence-electron chi connectivity index (χ0n) is 14.6. The summed E-state index contributed by atoms with van der Waals surface area (Å²) >= 11 is 7.64. The van der Waals surface area contributed by atoms with E-state index in [0.717, 1.165) is 17.3 Å². The van der Waals surface area contributed by atoms with Crippen LogP contribution in [0.1, 0.15) is 42.5 Å². The van der Waals surface area contributed by atoms with Crippen molar-refractivity contribution < 1.29 is 14.3 Å². The maximum Gasteiger partial charge on any atom is 0.309 e. The monoisotopic (exact) mass is 454 g/mol. The number of thioether (sulfide) groups is 2. The van der Waals surface area contributed by atoms with Gasteiger partial charge in [-0.05, 0) is 49.7 Å². The van der Waals surface area contributed by atoms with E-state index in [-0.39, 0.29) is 24.3 Å². The normalized spacial score (nSPS) is 29.5. The summed E-state index contributed by atoms with van der Waals surface area (Å²) in [4.78, 5) is 24.9. The zero-order chi connectivity index (χ0) is 18.1. The molecule has 1 heterocycles. The van der Waals surface area contributed by atoms with Crippen molar-refractivity contribution in [1.82, 2.24) is 0 Å². The van der Waals surface area contributed by atoms with Gasteiger partial charge in [0.1, 0.15) is 0 Å². The van der Waals surface area contributed by atoms with Crippen LogP contribution in [0.2, 0.25) is 0 Å². The smallest absolute Gasteiger partial charge is 0.309 e. The summed E-state index contributed by atoms with van der Waals surface area (Å²) in [5.41, 5.74) is 0.583. The third-order valence-corrected chi connectivity index (χ3v) is 10.5. The molecule has 3 fully saturated rings. The maximum atomic E-state index is 12.6. The number of carbonyl (C=O) groups excluding carboxylic acids is 2. The molecule has 1 spiro atoms. The van der Waals surface area contributed by atoms with Crippen LogP contribution in [0.5, 0.6) is 0 Å². The van der Waals surface area contributed by atoms with Gasteiger partial charge in [-0.25, -0.2) is 0 Å². The van der Waals surface area contributed by atoms with Crippen LogP contribution in [0.15, 0.2) is 28.7 Å². The quantitative estimate of drug-likeness (QED) is 0.463. The van der Waals surface area contributed by atoms with Gasteiger partial charge in [-0.3, -0.25) is 9.59 Å². The highest BCUT2D eigenvalue weighted by atomic mass is 79.9. The van der Waals surface area contributed by atoms with Crippen LogP contribution in [0, 0.1) is 17.8 Å². The van der Waals surface area contributed by atoms with Gasteiger partial charge in [0.2, 0.25) is 0 Å². The van der Waals surface area contributed by atoms with E-state index in [1.54, 1.807) is 12.1 Å². The minimum Gasteiger partial charge on any atom is -0.457 e. The first-order valence-electron chi connectivity index (χ1n) is 9.32. The number of ketones is 1. The second-order valence-electron chi connectivity index (χ2n) is 7.45. The van der Waals surface area contributed by atoms with Gasteiger partial charge in [-0.15, -0.1) is 23.5 Å². The average Bonchev–Trinajstić information content (AvgIpc) is 3.09. The number of hydrogen-bond donors (Lipinski definition) is 0. The van der Waals surface area contributed by atoms with E-state index in [0.29, 0.717) is 21.5 Å². The van der Waals surface area contributed by atoms with Crippen LogP contribution in [0.25, 0.3) is 0 Å². The number of ether oxygens (including phenoxy) is 1. The number of rotatable bonds is 4. The third kappa shape index (κ3) is 3.61. The van der Waals surface area contributed by atoms with E-state index in [4.69, 9.17) is 4.74 Å². The Morgan fingerprint density at radius 1 is 1.08 bits per heavy atom. The van der Waals surface area contributed by atoms with E-state index < -0.39 is 0 Å². The molecule has 140 valence electrons. The minimum atomic E-state index is -0.171. The topological polar surface area (TPSA) is 43.4 Å². The number of carbonyl (C=O) groups is 2. The summed E-state index contributed by atoms with van der Waals surface area (Å²) < 4.78 is 6.72. The van der Waals surface area contributed by atoms with Crippen molar-refractivity contribution >= 4 is 51.2 Å². The molecule has 26 heavy (non-hydrogen) atoms. The molecule has 1 aromatic rings. The highest BCUT2D eigenvalue weighted by Gasteiger charge is 2.55. The Balaban J connectivity index is 1.36. The minimum absolute atomic E-state index is 0.0320. The molecular formula is C20H23BrO3S2. The standard InChI is InChI=1S/C20H23BrO3S2/c21-17-6-4-13(5-7-17)18(22)12-24-19(23)14-10-15-2-1-3-16(11-14)20(15)25-8-9-26-20/h4-7,14-16H,1-3,8-12H2/t14?,15-,16+. The Labute approximate surface area is 171 Å². The van der Waals surface area contributed by atoms with Crippen LogP contribution in [-0.2, 0) is 9.53 Å². The first-order chi connectivity index (χ1) is 12.6. The van der Waals surface area contributed by atoms with E-state index in [9.17, 15) is 9.59 Å². The van der Waals surface area contributed by atoms with E-state index in [2.05, 4.69) is 39.5 Å². The van der Waals surface area contributed by atoms with Crippen LogP contribution < -0.4 is 0 Å². The lowest BCUT2D eigenvalue weighted by atomic mass is 9.67. The molecule has 2 saturated carbocycles. The number of halogens is 1. The number of hydrogen-bond acceptors (Lipinski definition) is 5. The van der Waals surface area contributed by atoms with Crippen molar-refractivity contribution in [2.75, 3.05) is 18.1 Å². The van der Waals surface area contributed by atoms with E-state index in [1.807, 2.05) is 12.1 Å². The summed E-state index contributed by atoms with van der Waals surface area (Å²) in [6, 6.07) is 7.16. The van der Waals surface area contributed by atoms with Gasteiger partial charge < -0.3 is 4.74 Å². The average molecular weight is 455 g/mol. The number of esters is 1. The van der Waals surface area contributed by atoms with Crippen molar-refractivity contribution in [3.8, 4) is 0 Å². The fourth-order valence-corrected chi connectivity index (χ4v) is 8.98. The lowest BCUT2D eigenvalue weighted by molar-refractivity contribution is -0.150. The van der Waals surface area contributed by atoms with Gasteiger partial charge in [-0.1, -0.05) is 34.5 Å². The molecule has 1 aliphatic heterocycles. The van der Waals surface area contributed by atoms with Gasteiger partial charge in [0.05, 0.1) is 10.00 Å². The first-order valence-corrected chi connectivity index (χ1v) is 12.1. The van der Waals surface area contributed by atoms with Gasteiger partial charge >= 0.3 is 5.97 Å². The molecule has 3 nitrogen and oxygen atoms in total. The van der Waals surface area contributed by atoms with Crippen LogP contribution >= 0.6 is 39.5 Å². The Morgan fingerprint density at radius 2 is 1.69 bits per heavy atom. The Hall–Kier alpha value is -0.460. The van der Waals surface area contributed by atoms with Gasteiger partial charge in [0, 0.05) is 21.5 Å². The molecule has 0 N–H and O–H groups in total. The summed E-state index contributed by atoms with van der Waals surface area (Å²) in [5, 5.41) is 0. The lowest BCUT2D eigenvalue weighted by Crippen LogP contribution is -2.48. The molecule has 3 aliphatic rings. The third-order valence-electron chi connectivity index (χ3n) is 5.97. The maximum absolute atomic E-state index is 12.6. The molecule has 0 amide bonds. The predicted molar refractivity (Wildman–Crippen MR) is 111 cm³/mol. The van der Waals surface area contributed by atoms with Gasteiger partial charge in [0.15, 0.2) is 12.4 Å². The summed E-state index contributed by atoms with van der Waals surface area (Å²) in [5.74, 6) is 3.38. The highest BCUT2D eigenvalue weighted by molar-refractivity contribution is 9.10. The largest absolute Gasteiger partial charge is 0.457 e. The highest BCUT2D eigenvalue weighted by Crippen LogP contribution is 2.64. The first kappa shape index (κ1) is 18.9. The molecule has 6 heteroatoms. The molecule has 1 aromatic carbocycles. The van der Waals surface area contributed by atoms with Crippen molar-refractivity contribution in [3.05, 3.63) is 34.3 Å². The SMILES string of the molecule is O=C(COC(=O)C1C[C@H]2CCC[C@@H](C1)C21SCCS1)c1ccc(Br)cc1. The fourth-order valence-electron chi connectivity index (χ4n) is 4.78. The van der Waals surface area contributed by atoms with Crippen LogP contribution in [-0.4, -0.2) is 33.9 Å². The molecule has 2 bridgehead atoms. The zero-order valence-corrected chi connectivity index (χ0v) is 17.8. The molecule has 1 unspecified atom stereocenters. The molecule has 1 saturated heterocycles. The van der Waals surface area contributed by atoms with Crippen molar-refractivity contribution in [3.63, 3.8) is 0 Å². The fraction of sp³-hybridized carbons (Fsp3) is 0.600. The molecule has 4 rings (SSSR count). The predicted octanol–water partition coefficient (Wildman–Crippen LogP) is 5.18. The molecule has 0 aromatic heterocycles. The molecule has 2 aliphatic carbocycles. The van der Waals surface area contributed by atoms with Crippen molar-refractivity contribution in [2.24, 2.45) is 17.8 Å². The van der Waals surface area contributed by atoms with Crippen molar-refractivity contribution in [1.29, 1.82) is 0 Å². The molecule has 0 radical (unpaired) electrons. The van der Waals surface area contributed by atoms with E-state index in [1.165, 1.54) is 30.8 Å². The Kier molecular flexibility index (Phi) is 5.72. The molecule has 3 atom stereocenters. The second-order valence-corrected chi connectivity index (χ2v) is 11.4. The number of benzene rings is 1. The van der Waals surface area contributed by atoms with E-state index >= 15 is 0 Å². The van der Waals surface area contributed by atoms with Gasteiger partial charge in [0.25, 0.3) is 0 Å². The summed E-state index contributed by atoms with van der Waals surface area (Å²) in [6.07, 6.45) is 5.63. The van der Waals surface area contributed by atoms with Gasteiger partial charge in [-0.2, -0.15) is 0 Å².